The zero-order valence-corrected chi connectivity index (χ0v) is 15.2. The summed E-state index contributed by atoms with van der Waals surface area (Å²) in [6.07, 6.45) is 0.889. The molecule has 8 heteroatoms. The number of anilines is 1. The van der Waals surface area contributed by atoms with E-state index in [-0.39, 0.29) is 12.0 Å². The molecule has 2 aromatic rings. The summed E-state index contributed by atoms with van der Waals surface area (Å²) in [6, 6.07) is 12.8. The molecule has 3 rings (SSSR count). The molecule has 1 saturated carbocycles. The smallest absolute Gasteiger partial charge is 0.404 e. The highest BCUT2D eigenvalue weighted by molar-refractivity contribution is 7.92. The number of nitrogens with one attached hydrogen (secondary N) is 2. The number of hydrogen-bond donors (Lipinski definition) is 3. The highest BCUT2D eigenvalue weighted by atomic mass is 32.2. The van der Waals surface area contributed by atoms with Crippen LogP contribution in [0, 0.1) is 0 Å². The maximum Gasteiger partial charge on any atom is 0.404 e. The van der Waals surface area contributed by atoms with Gasteiger partial charge < -0.3 is 15.2 Å². The molecule has 2 unspecified atom stereocenters. The van der Waals surface area contributed by atoms with Gasteiger partial charge in [-0.2, -0.15) is 0 Å². The molecule has 2 aromatic carbocycles. The number of amides is 1. The Labute approximate surface area is 152 Å². The van der Waals surface area contributed by atoms with Crippen LogP contribution in [0.5, 0.6) is 5.75 Å². The van der Waals surface area contributed by atoms with E-state index in [0.717, 1.165) is 29.4 Å². The molecule has 0 bridgehead atoms. The van der Waals surface area contributed by atoms with Gasteiger partial charge >= 0.3 is 6.09 Å². The van der Waals surface area contributed by atoms with Crippen molar-refractivity contribution in [3.63, 3.8) is 0 Å². The van der Waals surface area contributed by atoms with Crippen molar-refractivity contribution < 1.29 is 23.1 Å². The van der Waals surface area contributed by atoms with Gasteiger partial charge in [-0.05, 0) is 35.7 Å². The molecular formula is C18H20N2O5S. The quantitative estimate of drug-likeness (QED) is 0.719. The van der Waals surface area contributed by atoms with E-state index in [4.69, 9.17) is 9.84 Å². The second kappa shape index (κ2) is 6.87. The van der Waals surface area contributed by atoms with Gasteiger partial charge in [0.15, 0.2) is 0 Å². The molecule has 0 saturated heterocycles. The van der Waals surface area contributed by atoms with E-state index in [1.165, 1.54) is 0 Å². The molecule has 1 aliphatic rings. The molecule has 2 atom stereocenters. The lowest BCUT2D eigenvalue weighted by molar-refractivity contribution is 0.193. The Kier molecular flexibility index (Phi) is 4.78. The Morgan fingerprint density at radius 1 is 1.19 bits per heavy atom. The van der Waals surface area contributed by atoms with E-state index in [0.29, 0.717) is 11.4 Å². The highest BCUT2D eigenvalue weighted by Gasteiger charge is 2.39. The molecule has 0 aliphatic heterocycles. The van der Waals surface area contributed by atoms with Crippen LogP contribution in [0.4, 0.5) is 10.5 Å². The molecule has 0 radical (unpaired) electrons. The van der Waals surface area contributed by atoms with Crippen molar-refractivity contribution in [1.82, 2.24) is 5.32 Å². The van der Waals surface area contributed by atoms with Gasteiger partial charge in [0, 0.05) is 23.2 Å². The predicted octanol–water partition coefficient (Wildman–Crippen LogP) is 2.86. The fraction of sp³-hybridized carbons (Fsp3) is 0.278. The maximum atomic E-state index is 11.4. The summed E-state index contributed by atoms with van der Waals surface area (Å²) in [7, 11) is -1.81. The second-order valence-corrected chi connectivity index (χ2v) is 8.06. The number of hydrogen-bond acceptors (Lipinski definition) is 4. The molecule has 7 nitrogen and oxygen atoms in total. The van der Waals surface area contributed by atoms with Crippen molar-refractivity contribution in [1.29, 1.82) is 0 Å². The topological polar surface area (TPSA) is 105 Å². The average Bonchev–Trinajstić information content (AvgIpc) is 3.32. The van der Waals surface area contributed by atoms with Gasteiger partial charge in [-0.1, -0.05) is 24.3 Å². The summed E-state index contributed by atoms with van der Waals surface area (Å²) in [5.74, 6) is 0.828. The molecule has 0 heterocycles. The third-order valence-electron chi connectivity index (χ3n) is 4.25. The van der Waals surface area contributed by atoms with Crippen LogP contribution in [0.3, 0.4) is 0 Å². The molecule has 0 spiro atoms. The largest absolute Gasteiger partial charge is 0.496 e. The van der Waals surface area contributed by atoms with Crippen LogP contribution >= 0.6 is 0 Å². The zero-order chi connectivity index (χ0) is 18.9. The minimum absolute atomic E-state index is 0.0322. The number of rotatable bonds is 6. The Morgan fingerprint density at radius 3 is 2.46 bits per heavy atom. The molecule has 1 amide bonds. The number of ether oxygens (including phenoxy) is 1. The van der Waals surface area contributed by atoms with Crippen LogP contribution in [0.25, 0.3) is 11.1 Å². The van der Waals surface area contributed by atoms with Crippen molar-refractivity contribution in [2.24, 2.45) is 0 Å². The maximum absolute atomic E-state index is 11.4. The van der Waals surface area contributed by atoms with Gasteiger partial charge in [-0.25, -0.2) is 13.2 Å². The summed E-state index contributed by atoms with van der Waals surface area (Å²) in [5.41, 5.74) is 3.17. The van der Waals surface area contributed by atoms with Crippen molar-refractivity contribution in [3.05, 3.63) is 48.0 Å². The monoisotopic (exact) mass is 376 g/mol. The first-order valence-electron chi connectivity index (χ1n) is 8.02. The van der Waals surface area contributed by atoms with E-state index in [2.05, 4.69) is 10.0 Å². The van der Waals surface area contributed by atoms with E-state index in [1.807, 2.05) is 24.3 Å². The van der Waals surface area contributed by atoms with Gasteiger partial charge in [-0.3, -0.25) is 4.72 Å². The summed E-state index contributed by atoms with van der Waals surface area (Å²) in [4.78, 5) is 10.7. The number of carbonyl (C=O) groups is 1. The third kappa shape index (κ3) is 4.26. The first kappa shape index (κ1) is 18.1. The van der Waals surface area contributed by atoms with E-state index >= 15 is 0 Å². The first-order valence-corrected chi connectivity index (χ1v) is 9.91. The Bertz CT molecular complexity index is 925. The van der Waals surface area contributed by atoms with Crippen LogP contribution in [0.1, 0.15) is 17.9 Å². The van der Waals surface area contributed by atoms with Crippen LogP contribution in [-0.4, -0.2) is 39.0 Å². The van der Waals surface area contributed by atoms with Crippen molar-refractivity contribution in [3.8, 4) is 16.9 Å². The molecule has 138 valence electrons. The summed E-state index contributed by atoms with van der Waals surface area (Å²) in [6.45, 7) is 0. The lowest BCUT2D eigenvalue weighted by atomic mass is 10.0. The van der Waals surface area contributed by atoms with Crippen molar-refractivity contribution in [2.75, 3.05) is 18.1 Å². The normalized spacial score (nSPS) is 18.8. The molecule has 0 aromatic heterocycles. The predicted molar refractivity (Wildman–Crippen MR) is 99.2 cm³/mol. The summed E-state index contributed by atoms with van der Waals surface area (Å²) >= 11 is 0. The van der Waals surface area contributed by atoms with Crippen LogP contribution < -0.4 is 14.8 Å². The molecule has 1 aliphatic carbocycles. The van der Waals surface area contributed by atoms with Crippen LogP contribution in [-0.2, 0) is 10.0 Å². The highest BCUT2D eigenvalue weighted by Crippen LogP contribution is 2.42. The van der Waals surface area contributed by atoms with Crippen LogP contribution in [0.2, 0.25) is 0 Å². The SMILES string of the molecule is COc1ccc(NS(C)(=O)=O)cc1-c1ccc(C2CC2NC(=O)O)cc1. The van der Waals surface area contributed by atoms with E-state index < -0.39 is 16.1 Å². The average molecular weight is 376 g/mol. The molecule has 26 heavy (non-hydrogen) atoms. The Balaban J connectivity index is 1.84. The summed E-state index contributed by atoms with van der Waals surface area (Å²) in [5, 5.41) is 11.3. The van der Waals surface area contributed by atoms with Gasteiger partial charge in [0.25, 0.3) is 0 Å². The van der Waals surface area contributed by atoms with Gasteiger partial charge in [0.2, 0.25) is 10.0 Å². The zero-order valence-electron chi connectivity index (χ0n) is 14.4. The first-order chi connectivity index (χ1) is 12.3. The molecular weight excluding hydrogens is 356 g/mol. The van der Waals surface area contributed by atoms with Gasteiger partial charge in [0.1, 0.15) is 5.75 Å². The minimum atomic E-state index is -3.37. The number of methoxy groups -OCH3 is 1. The van der Waals surface area contributed by atoms with Gasteiger partial charge in [0.05, 0.1) is 13.4 Å². The number of sulfonamides is 1. The van der Waals surface area contributed by atoms with E-state index in [1.54, 1.807) is 25.3 Å². The van der Waals surface area contributed by atoms with E-state index in [9.17, 15) is 13.2 Å². The number of carboxylic acid groups (broad SMARTS) is 1. The third-order valence-corrected chi connectivity index (χ3v) is 4.86. The fourth-order valence-corrected chi connectivity index (χ4v) is 3.56. The lowest BCUT2D eigenvalue weighted by Crippen LogP contribution is -2.24. The fourth-order valence-electron chi connectivity index (χ4n) is 3.00. The van der Waals surface area contributed by atoms with Crippen molar-refractivity contribution >= 4 is 21.8 Å². The molecule has 1 fully saturated rings. The second-order valence-electron chi connectivity index (χ2n) is 6.31. The summed E-state index contributed by atoms with van der Waals surface area (Å²) < 4.78 is 30.7. The van der Waals surface area contributed by atoms with Gasteiger partial charge in [-0.15, -0.1) is 0 Å². The van der Waals surface area contributed by atoms with Crippen LogP contribution in [0.15, 0.2) is 42.5 Å². The molecule has 3 N–H and O–H groups in total. The standard InChI is InChI=1S/C18H20N2O5S/c1-25-17-8-7-13(20-26(2,23)24)9-15(17)12-5-3-11(4-6-12)14-10-16(14)19-18(21)22/h3-9,14,16,19-20H,10H2,1-2H3,(H,21,22). The number of benzene rings is 2. The van der Waals surface area contributed by atoms with Crippen molar-refractivity contribution in [2.45, 2.75) is 18.4 Å². The Morgan fingerprint density at radius 2 is 1.88 bits per heavy atom. The Hall–Kier alpha value is -2.74. The lowest BCUT2D eigenvalue weighted by Gasteiger charge is -2.12. The minimum Gasteiger partial charge on any atom is -0.496 e.